The fourth-order valence-corrected chi connectivity index (χ4v) is 11.3. The first-order chi connectivity index (χ1) is 17.5. The van der Waals surface area contributed by atoms with Crippen LogP contribution in [0.5, 0.6) is 0 Å². The number of esters is 1. The Kier molecular flexibility index (Phi) is 5.79. The summed E-state index contributed by atoms with van der Waals surface area (Å²) in [6.45, 7) is 17.7. The van der Waals surface area contributed by atoms with Crippen LogP contribution < -0.4 is 0 Å². The Labute approximate surface area is 228 Å². The number of fused-ring (bicyclic) bond motifs is 5. The van der Waals surface area contributed by atoms with Crippen molar-refractivity contribution in [3.63, 3.8) is 0 Å². The molecule has 2 bridgehead atoms. The summed E-state index contributed by atoms with van der Waals surface area (Å²) in [5.41, 5.74) is 0.653. The van der Waals surface area contributed by atoms with Crippen LogP contribution in [0, 0.1) is 45.3 Å². The number of allylic oxidation sites excluding steroid dienone is 1. The Bertz CT molecular complexity index is 1040. The number of rotatable bonds is 4. The second kappa shape index (κ2) is 8.08. The minimum atomic E-state index is -1.06. The average Bonchev–Trinajstić information content (AvgIpc) is 3.31. The number of carbonyl (C=O) groups is 1. The molecule has 0 aromatic rings. The zero-order chi connectivity index (χ0) is 27.7. The predicted octanol–water partition coefficient (Wildman–Crippen LogP) is 5.40. The molecule has 3 aliphatic heterocycles. The smallest absolute Gasteiger partial charge is 0.302 e. The minimum absolute atomic E-state index is 0.00594. The fourth-order valence-electron chi connectivity index (χ4n) is 11.3. The van der Waals surface area contributed by atoms with E-state index in [9.17, 15) is 15.0 Å². The second-order valence-corrected chi connectivity index (χ2v) is 15.6. The van der Waals surface area contributed by atoms with Gasteiger partial charge in [0, 0.05) is 30.1 Å². The first kappa shape index (κ1) is 27.2. The third-order valence-corrected chi connectivity index (χ3v) is 13.5. The third kappa shape index (κ3) is 3.36. The Morgan fingerprint density at radius 2 is 1.66 bits per heavy atom. The van der Waals surface area contributed by atoms with Gasteiger partial charge in [-0.2, -0.15) is 0 Å². The number of hydrogen-bond donors (Lipinski definition) is 2. The van der Waals surface area contributed by atoms with Gasteiger partial charge in [0.05, 0.1) is 12.2 Å². The minimum Gasteiger partial charge on any atom is -0.462 e. The van der Waals surface area contributed by atoms with Gasteiger partial charge in [-0.1, -0.05) is 39.3 Å². The summed E-state index contributed by atoms with van der Waals surface area (Å²) in [6, 6.07) is 0. The van der Waals surface area contributed by atoms with E-state index in [1.54, 1.807) is 6.92 Å². The maximum Gasteiger partial charge on any atom is 0.302 e. The van der Waals surface area contributed by atoms with Crippen LogP contribution >= 0.6 is 0 Å². The van der Waals surface area contributed by atoms with Crippen molar-refractivity contribution >= 4 is 5.97 Å². The molecule has 11 atom stereocenters. The molecule has 0 aromatic carbocycles. The molecule has 0 amide bonds. The highest BCUT2D eigenvalue weighted by Crippen LogP contribution is 2.78. The van der Waals surface area contributed by atoms with Crippen molar-refractivity contribution in [3.05, 3.63) is 11.6 Å². The van der Waals surface area contributed by atoms with E-state index >= 15 is 0 Å². The largest absolute Gasteiger partial charge is 0.462 e. The van der Waals surface area contributed by atoms with Crippen LogP contribution in [-0.2, 0) is 19.0 Å². The van der Waals surface area contributed by atoms with Gasteiger partial charge < -0.3 is 24.4 Å². The van der Waals surface area contributed by atoms with Crippen LogP contribution in [0.15, 0.2) is 11.6 Å². The van der Waals surface area contributed by atoms with E-state index in [-0.39, 0.29) is 51.4 Å². The molecule has 4 saturated carbocycles. The van der Waals surface area contributed by atoms with E-state index in [1.807, 2.05) is 19.9 Å². The molecule has 7 rings (SSSR count). The van der Waals surface area contributed by atoms with Gasteiger partial charge in [-0.05, 0) is 87.9 Å². The monoisotopic (exact) mass is 530 g/mol. The van der Waals surface area contributed by atoms with E-state index < -0.39 is 11.9 Å². The van der Waals surface area contributed by atoms with Gasteiger partial charge in [0.2, 0.25) is 0 Å². The van der Waals surface area contributed by atoms with E-state index in [0.29, 0.717) is 30.8 Å². The molecule has 6 nitrogen and oxygen atoms in total. The standard InChI is InChI=1S/C32H50O6/c1-18(15-22(34)26-28(5,6)38-26)20-9-11-29(7)21(20)16-23(37-19(2)33)25-30(29,8)12-10-24-27(3,4)32(35)14-13-31(24,25)17-36-32/h15,20-26,34-35H,9-14,16-17H2,1-8H3/b18-15+/t20-,21-,22?,23-,24+,25+,26?,29-,30-,31-,32+/m1/s1. The summed E-state index contributed by atoms with van der Waals surface area (Å²) in [4.78, 5) is 12.6. The highest BCUT2D eigenvalue weighted by atomic mass is 16.6. The van der Waals surface area contributed by atoms with E-state index in [2.05, 4.69) is 34.6 Å². The number of ether oxygens (including phenoxy) is 3. The van der Waals surface area contributed by atoms with Gasteiger partial charge in [-0.25, -0.2) is 0 Å². The van der Waals surface area contributed by atoms with Crippen molar-refractivity contribution in [2.75, 3.05) is 6.61 Å². The number of aliphatic hydroxyl groups excluding tert-OH is 1. The normalized spacial score (nSPS) is 52.9. The first-order valence-corrected chi connectivity index (χ1v) is 15.1. The van der Waals surface area contributed by atoms with Crippen molar-refractivity contribution < 1.29 is 29.2 Å². The molecule has 6 heteroatoms. The molecular weight excluding hydrogens is 480 g/mol. The zero-order valence-corrected chi connectivity index (χ0v) is 24.8. The van der Waals surface area contributed by atoms with Crippen LogP contribution in [0.3, 0.4) is 0 Å². The average molecular weight is 531 g/mol. The summed E-state index contributed by atoms with van der Waals surface area (Å²) >= 11 is 0. The molecule has 214 valence electrons. The van der Waals surface area contributed by atoms with Crippen LogP contribution in [0.25, 0.3) is 0 Å². The maximum absolute atomic E-state index is 12.6. The molecule has 3 heterocycles. The molecule has 0 radical (unpaired) electrons. The van der Waals surface area contributed by atoms with Gasteiger partial charge in [-0.3, -0.25) is 4.79 Å². The SMILES string of the molecule is CC(=O)O[C@@H]1C[C@@H]2[C@@H](/C(C)=C/C(O)C3OC3(C)C)CC[C@@]2(C)[C@]2(C)CC[C@H]3C(C)(C)[C@]4(O)CC[C@]3(CO4)[C@@H]12. The third-order valence-electron chi connectivity index (χ3n) is 13.5. The molecule has 7 fully saturated rings. The van der Waals surface area contributed by atoms with Crippen molar-refractivity contribution in [2.24, 2.45) is 45.3 Å². The van der Waals surface area contributed by atoms with Gasteiger partial charge in [0.15, 0.2) is 5.79 Å². The summed E-state index contributed by atoms with van der Waals surface area (Å²) in [7, 11) is 0. The van der Waals surface area contributed by atoms with Crippen molar-refractivity contribution in [1.29, 1.82) is 0 Å². The topological polar surface area (TPSA) is 88.5 Å². The molecule has 2 unspecified atom stereocenters. The lowest BCUT2D eigenvalue weighted by Crippen LogP contribution is -2.75. The predicted molar refractivity (Wildman–Crippen MR) is 144 cm³/mol. The quantitative estimate of drug-likeness (QED) is 0.288. The molecule has 3 saturated heterocycles. The van der Waals surface area contributed by atoms with Crippen molar-refractivity contribution in [3.8, 4) is 0 Å². The lowest BCUT2D eigenvalue weighted by molar-refractivity contribution is -0.404. The van der Waals surface area contributed by atoms with Gasteiger partial charge in [0.25, 0.3) is 0 Å². The summed E-state index contributed by atoms with van der Waals surface area (Å²) < 4.78 is 18.4. The van der Waals surface area contributed by atoms with Gasteiger partial charge in [-0.15, -0.1) is 0 Å². The summed E-state index contributed by atoms with van der Waals surface area (Å²) in [6.07, 6.45) is 7.98. The van der Waals surface area contributed by atoms with Gasteiger partial charge in [0.1, 0.15) is 18.3 Å². The summed E-state index contributed by atoms with van der Waals surface area (Å²) in [5, 5.41) is 22.3. The van der Waals surface area contributed by atoms with E-state index in [4.69, 9.17) is 14.2 Å². The van der Waals surface area contributed by atoms with E-state index in [0.717, 1.165) is 38.5 Å². The van der Waals surface area contributed by atoms with Crippen LogP contribution in [-0.4, -0.2) is 52.5 Å². The number of hydrogen-bond acceptors (Lipinski definition) is 6. The van der Waals surface area contributed by atoms with Crippen LogP contribution in [0.4, 0.5) is 0 Å². The molecule has 1 spiro atoms. The number of epoxide rings is 1. The maximum atomic E-state index is 12.6. The Morgan fingerprint density at radius 1 is 1.00 bits per heavy atom. The molecule has 0 aromatic heterocycles. The molecule has 38 heavy (non-hydrogen) atoms. The second-order valence-electron chi connectivity index (χ2n) is 15.6. The summed E-state index contributed by atoms with van der Waals surface area (Å²) in [5.74, 6) is 0.0282. The zero-order valence-electron chi connectivity index (χ0n) is 24.8. The lowest BCUT2D eigenvalue weighted by Gasteiger charge is -2.74. The number of aliphatic hydroxyl groups is 2. The highest BCUT2D eigenvalue weighted by molar-refractivity contribution is 5.66. The molecular formula is C32H50O6. The van der Waals surface area contributed by atoms with Crippen molar-refractivity contribution in [1.82, 2.24) is 0 Å². The first-order valence-electron chi connectivity index (χ1n) is 15.1. The molecule has 7 aliphatic rings. The number of carbonyl (C=O) groups excluding carboxylic acids is 1. The van der Waals surface area contributed by atoms with Crippen LogP contribution in [0.2, 0.25) is 0 Å². The van der Waals surface area contributed by atoms with Crippen LogP contribution in [0.1, 0.15) is 100 Å². The Morgan fingerprint density at radius 3 is 2.24 bits per heavy atom. The Balaban J connectivity index is 1.38. The molecule has 4 aliphatic carbocycles. The highest BCUT2D eigenvalue weighted by Gasteiger charge is 2.76. The van der Waals surface area contributed by atoms with Crippen molar-refractivity contribution in [2.45, 2.75) is 130 Å². The Hall–Kier alpha value is -0.950. The van der Waals surface area contributed by atoms with Gasteiger partial charge >= 0.3 is 5.97 Å². The van der Waals surface area contributed by atoms with E-state index in [1.165, 1.54) is 5.57 Å². The molecule has 2 N–H and O–H groups in total. The lowest BCUT2D eigenvalue weighted by atomic mass is 9.33. The fraction of sp³-hybridized carbons (Fsp3) is 0.906.